The average molecular weight is 252 g/mol. The van der Waals surface area contributed by atoms with Crippen LogP contribution in [0.2, 0.25) is 0 Å². The first-order chi connectivity index (χ1) is 8.92. The van der Waals surface area contributed by atoms with Gasteiger partial charge in [-0.05, 0) is 58.2 Å². The maximum absolute atomic E-state index is 5.74. The normalized spacial score (nSPS) is 35.3. The van der Waals surface area contributed by atoms with E-state index < -0.39 is 0 Å². The van der Waals surface area contributed by atoms with Crippen LogP contribution >= 0.6 is 0 Å². The molecule has 0 aromatic carbocycles. The van der Waals surface area contributed by atoms with Crippen LogP contribution in [0, 0.1) is 0 Å². The van der Waals surface area contributed by atoms with Crippen molar-refractivity contribution in [1.82, 2.24) is 9.80 Å². The summed E-state index contributed by atoms with van der Waals surface area (Å²) in [4.78, 5) is 5.45. The molecule has 3 rings (SSSR count). The van der Waals surface area contributed by atoms with Gasteiger partial charge in [0.25, 0.3) is 0 Å². The lowest BCUT2D eigenvalue weighted by molar-refractivity contribution is 0.0866. The maximum Gasteiger partial charge on any atom is 0.0588 e. The van der Waals surface area contributed by atoms with Gasteiger partial charge in [-0.25, -0.2) is 0 Å². The van der Waals surface area contributed by atoms with Crippen molar-refractivity contribution in [3.8, 4) is 0 Å². The zero-order valence-corrected chi connectivity index (χ0v) is 11.6. The molecule has 0 spiro atoms. The standard InChI is InChI=1S/C15H28N2O/c1-2-9-17-10-4-8-16(13-14(17)5-1)11-7-15-6-3-12-18-15/h14-15H,1-13H2. The van der Waals surface area contributed by atoms with E-state index in [1.807, 2.05) is 0 Å². The van der Waals surface area contributed by atoms with E-state index in [2.05, 4.69) is 9.80 Å². The van der Waals surface area contributed by atoms with Crippen LogP contribution < -0.4 is 0 Å². The highest BCUT2D eigenvalue weighted by Crippen LogP contribution is 2.22. The van der Waals surface area contributed by atoms with Crippen molar-refractivity contribution < 1.29 is 4.74 Å². The van der Waals surface area contributed by atoms with Gasteiger partial charge in [-0.3, -0.25) is 4.90 Å². The molecule has 3 aliphatic heterocycles. The fourth-order valence-electron chi connectivity index (χ4n) is 3.85. The first kappa shape index (κ1) is 12.9. The first-order valence-corrected chi connectivity index (χ1v) is 8.00. The third-order valence-electron chi connectivity index (χ3n) is 4.93. The van der Waals surface area contributed by atoms with E-state index in [0.29, 0.717) is 6.10 Å². The summed E-state index contributed by atoms with van der Waals surface area (Å²) in [6, 6.07) is 0.853. The summed E-state index contributed by atoms with van der Waals surface area (Å²) in [5.41, 5.74) is 0. The zero-order chi connectivity index (χ0) is 12.2. The number of nitrogens with zero attached hydrogens (tertiary/aromatic N) is 2. The summed E-state index contributed by atoms with van der Waals surface area (Å²) in [7, 11) is 0. The molecule has 3 nitrogen and oxygen atoms in total. The van der Waals surface area contributed by atoms with E-state index in [4.69, 9.17) is 4.74 Å². The molecular formula is C15H28N2O. The fraction of sp³-hybridized carbons (Fsp3) is 1.00. The minimum Gasteiger partial charge on any atom is -0.378 e. The number of fused-ring (bicyclic) bond motifs is 1. The van der Waals surface area contributed by atoms with Crippen molar-refractivity contribution in [2.45, 2.75) is 57.1 Å². The van der Waals surface area contributed by atoms with Crippen LogP contribution in [0.4, 0.5) is 0 Å². The number of ether oxygens (including phenoxy) is 1. The highest BCUT2D eigenvalue weighted by molar-refractivity contribution is 4.83. The number of rotatable bonds is 3. The predicted octanol–water partition coefficient (Wildman–Crippen LogP) is 2.12. The maximum atomic E-state index is 5.74. The predicted molar refractivity (Wildman–Crippen MR) is 73.9 cm³/mol. The molecule has 0 aromatic heterocycles. The minimum absolute atomic E-state index is 0.565. The molecule has 0 bridgehead atoms. The molecule has 3 aliphatic rings. The van der Waals surface area contributed by atoms with E-state index in [-0.39, 0.29) is 0 Å². The molecule has 3 heterocycles. The van der Waals surface area contributed by atoms with Crippen LogP contribution in [-0.2, 0) is 4.74 Å². The highest BCUT2D eigenvalue weighted by atomic mass is 16.5. The van der Waals surface area contributed by atoms with E-state index >= 15 is 0 Å². The summed E-state index contributed by atoms with van der Waals surface area (Å²) in [6.07, 6.45) is 10.1. The molecule has 3 saturated heterocycles. The van der Waals surface area contributed by atoms with Gasteiger partial charge in [-0.2, -0.15) is 0 Å². The fourth-order valence-corrected chi connectivity index (χ4v) is 3.85. The lowest BCUT2D eigenvalue weighted by atomic mass is 10.0. The molecular weight excluding hydrogens is 224 g/mol. The third kappa shape index (κ3) is 3.25. The molecule has 0 N–H and O–H groups in total. The number of hydrogen-bond donors (Lipinski definition) is 0. The van der Waals surface area contributed by atoms with Gasteiger partial charge in [0.1, 0.15) is 0 Å². The van der Waals surface area contributed by atoms with Crippen LogP contribution in [0.3, 0.4) is 0 Å². The van der Waals surface area contributed by atoms with Crippen LogP contribution in [-0.4, -0.2) is 61.3 Å². The average Bonchev–Trinajstić information content (AvgIpc) is 2.82. The smallest absolute Gasteiger partial charge is 0.0588 e. The van der Waals surface area contributed by atoms with E-state index in [0.717, 1.165) is 12.6 Å². The topological polar surface area (TPSA) is 15.7 Å². The van der Waals surface area contributed by atoms with Crippen molar-refractivity contribution in [1.29, 1.82) is 0 Å². The summed E-state index contributed by atoms with van der Waals surface area (Å²) in [6.45, 7) is 7.56. The largest absolute Gasteiger partial charge is 0.378 e. The Hall–Kier alpha value is -0.120. The zero-order valence-electron chi connectivity index (χ0n) is 11.6. The van der Waals surface area contributed by atoms with Crippen LogP contribution in [0.1, 0.15) is 44.9 Å². The second-order valence-corrected chi connectivity index (χ2v) is 6.26. The molecule has 104 valence electrons. The second kappa shape index (κ2) is 6.36. The Bertz CT molecular complexity index is 253. The van der Waals surface area contributed by atoms with Crippen molar-refractivity contribution in [2.24, 2.45) is 0 Å². The molecule has 2 atom stereocenters. The monoisotopic (exact) mass is 252 g/mol. The van der Waals surface area contributed by atoms with E-state index in [1.54, 1.807) is 0 Å². The van der Waals surface area contributed by atoms with Gasteiger partial charge < -0.3 is 9.64 Å². The highest BCUT2D eigenvalue weighted by Gasteiger charge is 2.27. The Kier molecular flexibility index (Phi) is 4.55. The summed E-state index contributed by atoms with van der Waals surface area (Å²) < 4.78 is 5.74. The van der Waals surface area contributed by atoms with Gasteiger partial charge in [0.2, 0.25) is 0 Å². The van der Waals surface area contributed by atoms with Crippen molar-refractivity contribution >= 4 is 0 Å². The molecule has 2 unspecified atom stereocenters. The van der Waals surface area contributed by atoms with Crippen molar-refractivity contribution in [3.63, 3.8) is 0 Å². The van der Waals surface area contributed by atoms with Crippen molar-refractivity contribution in [3.05, 3.63) is 0 Å². The van der Waals surface area contributed by atoms with Gasteiger partial charge in [0.15, 0.2) is 0 Å². The van der Waals surface area contributed by atoms with Crippen LogP contribution in [0.15, 0.2) is 0 Å². The molecule has 0 radical (unpaired) electrons. The first-order valence-electron chi connectivity index (χ1n) is 8.00. The third-order valence-corrected chi connectivity index (χ3v) is 4.93. The summed E-state index contributed by atoms with van der Waals surface area (Å²) in [5, 5.41) is 0. The molecule has 3 heteroatoms. The Labute approximate surface area is 111 Å². The Morgan fingerprint density at radius 1 is 0.944 bits per heavy atom. The van der Waals surface area contributed by atoms with Crippen LogP contribution in [0.5, 0.6) is 0 Å². The SMILES string of the molecule is C1COC(CCN2CCCN3CCCCC3C2)C1. The summed E-state index contributed by atoms with van der Waals surface area (Å²) >= 11 is 0. The van der Waals surface area contributed by atoms with Crippen LogP contribution in [0.25, 0.3) is 0 Å². The minimum atomic E-state index is 0.565. The lowest BCUT2D eigenvalue weighted by Gasteiger charge is -2.35. The molecule has 0 aromatic rings. The summed E-state index contributed by atoms with van der Waals surface area (Å²) in [5.74, 6) is 0. The Balaban J connectivity index is 1.46. The Morgan fingerprint density at radius 3 is 2.78 bits per heavy atom. The quantitative estimate of drug-likeness (QED) is 0.765. The molecule has 0 aliphatic carbocycles. The van der Waals surface area contributed by atoms with E-state index in [1.165, 1.54) is 77.7 Å². The van der Waals surface area contributed by atoms with Gasteiger partial charge in [-0.1, -0.05) is 6.42 Å². The van der Waals surface area contributed by atoms with Crippen molar-refractivity contribution in [2.75, 3.05) is 39.3 Å². The van der Waals surface area contributed by atoms with Gasteiger partial charge >= 0.3 is 0 Å². The van der Waals surface area contributed by atoms with E-state index in [9.17, 15) is 0 Å². The van der Waals surface area contributed by atoms with Gasteiger partial charge in [-0.15, -0.1) is 0 Å². The molecule has 3 fully saturated rings. The Morgan fingerprint density at radius 2 is 1.89 bits per heavy atom. The molecule has 0 amide bonds. The van der Waals surface area contributed by atoms with Gasteiger partial charge in [0, 0.05) is 25.7 Å². The number of hydrogen-bond acceptors (Lipinski definition) is 3. The molecule has 18 heavy (non-hydrogen) atoms. The number of piperidine rings is 1. The van der Waals surface area contributed by atoms with Gasteiger partial charge in [0.05, 0.1) is 6.10 Å². The second-order valence-electron chi connectivity index (χ2n) is 6.26. The molecule has 0 saturated carbocycles. The lowest BCUT2D eigenvalue weighted by Crippen LogP contribution is -2.44.